The monoisotopic (exact) mass is 331 g/mol. The molecule has 0 bridgehead atoms. The minimum absolute atomic E-state index is 0.179. The lowest BCUT2D eigenvalue weighted by Crippen LogP contribution is -2.40. The SMILES string of the molecule is CC(C)(C)OC(=O)N[C@H]1CCN(c2cccc(C(F)(F)F)n2)C1. The van der Waals surface area contributed by atoms with Crippen LogP contribution < -0.4 is 10.2 Å². The van der Waals surface area contributed by atoms with Gasteiger partial charge in [-0.15, -0.1) is 0 Å². The summed E-state index contributed by atoms with van der Waals surface area (Å²) in [6, 6.07) is 3.63. The zero-order valence-corrected chi connectivity index (χ0v) is 13.3. The van der Waals surface area contributed by atoms with Crippen molar-refractivity contribution in [3.63, 3.8) is 0 Å². The van der Waals surface area contributed by atoms with Crippen LogP contribution in [0.15, 0.2) is 18.2 Å². The second kappa shape index (κ2) is 6.25. The first-order valence-corrected chi connectivity index (χ1v) is 7.33. The Morgan fingerprint density at radius 2 is 2.04 bits per heavy atom. The molecular formula is C15H20F3N3O2. The van der Waals surface area contributed by atoms with E-state index in [0.29, 0.717) is 19.5 Å². The van der Waals surface area contributed by atoms with Crippen LogP contribution in [0.2, 0.25) is 0 Å². The molecular weight excluding hydrogens is 311 g/mol. The molecule has 1 amide bonds. The van der Waals surface area contributed by atoms with E-state index in [-0.39, 0.29) is 11.9 Å². The number of hydrogen-bond donors (Lipinski definition) is 1. The number of aromatic nitrogens is 1. The van der Waals surface area contributed by atoms with E-state index in [9.17, 15) is 18.0 Å². The molecule has 2 rings (SSSR count). The predicted molar refractivity (Wildman–Crippen MR) is 79.2 cm³/mol. The van der Waals surface area contributed by atoms with Crippen LogP contribution in [0.5, 0.6) is 0 Å². The number of rotatable bonds is 2. The van der Waals surface area contributed by atoms with E-state index >= 15 is 0 Å². The van der Waals surface area contributed by atoms with E-state index in [1.54, 1.807) is 25.7 Å². The van der Waals surface area contributed by atoms with Gasteiger partial charge >= 0.3 is 12.3 Å². The highest BCUT2D eigenvalue weighted by Crippen LogP contribution is 2.29. The number of nitrogens with zero attached hydrogens (tertiary/aromatic N) is 2. The number of alkyl halides is 3. The molecule has 1 aromatic heterocycles. The number of ether oxygens (including phenoxy) is 1. The molecule has 1 fully saturated rings. The third-order valence-corrected chi connectivity index (χ3v) is 3.26. The Labute approximate surface area is 132 Å². The average Bonchev–Trinajstić information content (AvgIpc) is 2.84. The van der Waals surface area contributed by atoms with Crippen molar-refractivity contribution in [1.29, 1.82) is 0 Å². The van der Waals surface area contributed by atoms with Crippen LogP contribution in [-0.2, 0) is 10.9 Å². The van der Waals surface area contributed by atoms with Crippen LogP contribution in [0.4, 0.5) is 23.8 Å². The molecule has 1 aliphatic heterocycles. The molecule has 1 saturated heterocycles. The second-order valence-corrected chi connectivity index (χ2v) is 6.46. The molecule has 1 atom stereocenters. The number of anilines is 1. The first kappa shape index (κ1) is 17.4. The molecule has 5 nitrogen and oxygen atoms in total. The summed E-state index contributed by atoms with van der Waals surface area (Å²) in [4.78, 5) is 17.1. The van der Waals surface area contributed by atoms with Gasteiger partial charge in [0.15, 0.2) is 0 Å². The Kier molecular flexibility index (Phi) is 4.72. The number of amides is 1. The van der Waals surface area contributed by atoms with E-state index in [2.05, 4.69) is 10.3 Å². The van der Waals surface area contributed by atoms with Crippen LogP contribution in [0, 0.1) is 0 Å². The van der Waals surface area contributed by atoms with Gasteiger partial charge in [0.25, 0.3) is 0 Å². The lowest BCUT2D eigenvalue weighted by molar-refractivity contribution is -0.141. The molecule has 128 valence electrons. The van der Waals surface area contributed by atoms with Gasteiger partial charge in [0.2, 0.25) is 0 Å². The van der Waals surface area contributed by atoms with Gasteiger partial charge in [0.1, 0.15) is 17.1 Å². The summed E-state index contributed by atoms with van der Waals surface area (Å²) in [5.74, 6) is 0.258. The maximum Gasteiger partial charge on any atom is 0.433 e. The molecule has 0 saturated carbocycles. The predicted octanol–water partition coefficient (Wildman–Crippen LogP) is 3.20. The number of carbonyl (C=O) groups excluding carboxylic acids is 1. The lowest BCUT2D eigenvalue weighted by atomic mass is 10.2. The van der Waals surface area contributed by atoms with Crippen molar-refractivity contribution in [2.24, 2.45) is 0 Å². The summed E-state index contributed by atoms with van der Waals surface area (Å²) in [6.07, 6.45) is -4.37. The maximum atomic E-state index is 12.7. The standard InChI is InChI=1S/C15H20F3N3O2/c1-14(2,3)23-13(22)19-10-7-8-21(9-10)12-6-4-5-11(20-12)15(16,17)18/h4-6,10H,7-9H2,1-3H3,(H,19,22)/t10-/m0/s1. The van der Waals surface area contributed by atoms with Crippen molar-refractivity contribution < 1.29 is 22.7 Å². The number of halogens is 3. The number of alkyl carbamates (subject to hydrolysis) is 1. The number of pyridine rings is 1. The summed E-state index contributed by atoms with van der Waals surface area (Å²) in [5.41, 5.74) is -1.51. The Morgan fingerprint density at radius 1 is 1.35 bits per heavy atom. The van der Waals surface area contributed by atoms with Crippen molar-refractivity contribution in [2.75, 3.05) is 18.0 Å². The topological polar surface area (TPSA) is 54.5 Å². The quantitative estimate of drug-likeness (QED) is 0.904. The van der Waals surface area contributed by atoms with Crippen molar-refractivity contribution in [3.8, 4) is 0 Å². The molecule has 2 heterocycles. The summed E-state index contributed by atoms with van der Waals surface area (Å²) in [6.45, 7) is 6.21. The van der Waals surface area contributed by atoms with Crippen LogP contribution in [0.3, 0.4) is 0 Å². The Bertz CT molecular complexity index is 570. The second-order valence-electron chi connectivity index (χ2n) is 6.46. The molecule has 0 aromatic carbocycles. The minimum atomic E-state index is -4.47. The molecule has 0 radical (unpaired) electrons. The molecule has 1 N–H and O–H groups in total. The summed E-state index contributed by atoms with van der Waals surface area (Å²) in [7, 11) is 0. The Balaban J connectivity index is 1.97. The van der Waals surface area contributed by atoms with Gasteiger partial charge in [-0.3, -0.25) is 0 Å². The first-order valence-electron chi connectivity index (χ1n) is 7.33. The highest BCUT2D eigenvalue weighted by atomic mass is 19.4. The smallest absolute Gasteiger partial charge is 0.433 e. The average molecular weight is 331 g/mol. The van der Waals surface area contributed by atoms with Crippen molar-refractivity contribution in [1.82, 2.24) is 10.3 Å². The number of hydrogen-bond acceptors (Lipinski definition) is 4. The van der Waals surface area contributed by atoms with Gasteiger partial charge in [-0.1, -0.05) is 6.07 Å². The molecule has 8 heteroatoms. The zero-order valence-electron chi connectivity index (χ0n) is 13.3. The fourth-order valence-electron chi connectivity index (χ4n) is 2.32. The maximum absolute atomic E-state index is 12.7. The fourth-order valence-corrected chi connectivity index (χ4v) is 2.32. The van der Waals surface area contributed by atoms with Crippen LogP contribution >= 0.6 is 0 Å². The molecule has 1 aromatic rings. The van der Waals surface area contributed by atoms with E-state index in [4.69, 9.17) is 4.74 Å². The lowest BCUT2D eigenvalue weighted by Gasteiger charge is -2.22. The summed E-state index contributed by atoms with van der Waals surface area (Å²) < 4.78 is 43.3. The summed E-state index contributed by atoms with van der Waals surface area (Å²) in [5, 5.41) is 2.73. The Hall–Kier alpha value is -1.99. The highest BCUT2D eigenvalue weighted by molar-refractivity contribution is 5.68. The third kappa shape index (κ3) is 5.01. The molecule has 23 heavy (non-hydrogen) atoms. The van der Waals surface area contributed by atoms with Gasteiger partial charge < -0.3 is 15.0 Å². The molecule has 0 unspecified atom stereocenters. The first-order chi connectivity index (χ1) is 10.5. The zero-order chi connectivity index (χ0) is 17.3. The van der Waals surface area contributed by atoms with E-state index in [0.717, 1.165) is 6.07 Å². The third-order valence-electron chi connectivity index (χ3n) is 3.26. The van der Waals surface area contributed by atoms with Gasteiger partial charge in [-0.05, 0) is 39.3 Å². The van der Waals surface area contributed by atoms with Gasteiger partial charge in [0, 0.05) is 13.1 Å². The van der Waals surface area contributed by atoms with E-state index < -0.39 is 23.6 Å². The molecule has 1 aliphatic rings. The minimum Gasteiger partial charge on any atom is -0.444 e. The number of carbonyl (C=O) groups is 1. The van der Waals surface area contributed by atoms with E-state index in [1.165, 1.54) is 12.1 Å². The molecule has 0 spiro atoms. The van der Waals surface area contributed by atoms with Crippen molar-refractivity contribution in [2.45, 2.75) is 45.0 Å². The van der Waals surface area contributed by atoms with Gasteiger partial charge in [-0.2, -0.15) is 13.2 Å². The van der Waals surface area contributed by atoms with E-state index in [1.807, 2.05) is 0 Å². The van der Waals surface area contributed by atoms with Gasteiger partial charge in [-0.25, -0.2) is 9.78 Å². The molecule has 0 aliphatic carbocycles. The summed E-state index contributed by atoms with van der Waals surface area (Å²) >= 11 is 0. The highest BCUT2D eigenvalue weighted by Gasteiger charge is 2.33. The van der Waals surface area contributed by atoms with Crippen molar-refractivity contribution in [3.05, 3.63) is 23.9 Å². The number of nitrogens with one attached hydrogen (secondary N) is 1. The van der Waals surface area contributed by atoms with Crippen molar-refractivity contribution >= 4 is 11.9 Å². The van der Waals surface area contributed by atoms with Gasteiger partial charge in [0.05, 0.1) is 6.04 Å². The van der Waals surface area contributed by atoms with Crippen LogP contribution in [0.1, 0.15) is 32.9 Å². The van der Waals surface area contributed by atoms with Crippen LogP contribution in [-0.4, -0.2) is 35.8 Å². The van der Waals surface area contributed by atoms with Crippen LogP contribution in [0.25, 0.3) is 0 Å². The fraction of sp³-hybridized carbons (Fsp3) is 0.600. The largest absolute Gasteiger partial charge is 0.444 e. The Morgan fingerprint density at radius 3 is 2.65 bits per heavy atom. The normalized spacial score (nSPS) is 18.9.